The summed E-state index contributed by atoms with van der Waals surface area (Å²) in [5.41, 5.74) is 16.0. The molecule has 0 fully saturated rings. The van der Waals surface area contributed by atoms with Crippen LogP contribution >= 0.6 is 0 Å². The van der Waals surface area contributed by atoms with Crippen LogP contribution in [0.15, 0.2) is 0 Å². The summed E-state index contributed by atoms with van der Waals surface area (Å²) in [6, 6.07) is 0. The van der Waals surface area contributed by atoms with Crippen molar-refractivity contribution < 1.29 is 9.59 Å². The highest BCUT2D eigenvalue weighted by Crippen LogP contribution is 1.88. The van der Waals surface area contributed by atoms with Crippen molar-refractivity contribution in [3.05, 3.63) is 0 Å². The van der Waals surface area contributed by atoms with Gasteiger partial charge in [-0.05, 0) is 0 Å². The topological polar surface area (TPSA) is 140 Å². The molecule has 0 rings (SSSR count). The molecule has 0 aliphatic rings. The number of hydrogen-bond acceptors (Lipinski definition) is 6. The fraction of sp³-hybridized carbons (Fsp3) is 0.800. The molecule has 0 bridgehead atoms. The van der Waals surface area contributed by atoms with Crippen molar-refractivity contribution in [1.29, 1.82) is 0 Å². The van der Waals surface area contributed by atoms with Crippen LogP contribution in [-0.4, -0.2) is 69.1 Å². The third kappa shape index (κ3) is 7.17. The molecule has 0 saturated carbocycles. The number of nitrogens with two attached hydrogens (primary N) is 3. The predicted molar refractivity (Wildman–Crippen MR) is 69.6 cm³/mol. The van der Waals surface area contributed by atoms with Gasteiger partial charge in [-0.25, -0.2) is 0 Å². The van der Waals surface area contributed by atoms with Crippen LogP contribution in [0.2, 0.25) is 0 Å². The average Bonchev–Trinajstić information content (AvgIpc) is 2.37. The summed E-state index contributed by atoms with van der Waals surface area (Å²) in [7, 11) is 0. The summed E-state index contributed by atoms with van der Waals surface area (Å²) < 4.78 is 0. The van der Waals surface area contributed by atoms with Crippen molar-refractivity contribution in [1.82, 2.24) is 15.5 Å². The van der Waals surface area contributed by atoms with Gasteiger partial charge in [0.1, 0.15) is 0 Å². The molecule has 0 aliphatic heterocycles. The van der Waals surface area contributed by atoms with Gasteiger partial charge >= 0.3 is 11.8 Å². The molecule has 0 aliphatic carbocycles. The molecule has 0 saturated heterocycles. The van der Waals surface area contributed by atoms with E-state index in [1.165, 1.54) is 4.90 Å². The van der Waals surface area contributed by atoms with Crippen molar-refractivity contribution in [2.24, 2.45) is 17.2 Å². The molecule has 0 aromatic heterocycles. The van der Waals surface area contributed by atoms with Crippen molar-refractivity contribution in [2.45, 2.75) is 0 Å². The summed E-state index contributed by atoms with van der Waals surface area (Å²) in [4.78, 5) is 24.6. The van der Waals surface area contributed by atoms with Crippen LogP contribution in [0.3, 0.4) is 0 Å². The van der Waals surface area contributed by atoms with Gasteiger partial charge in [0.15, 0.2) is 0 Å². The predicted octanol–water partition coefficient (Wildman–Crippen LogP) is -3.60. The smallest absolute Gasteiger partial charge is 0.311 e. The second-order valence-electron chi connectivity index (χ2n) is 3.66. The zero-order valence-corrected chi connectivity index (χ0v) is 10.7. The minimum Gasteiger partial charge on any atom is -0.347 e. The molecule has 8 N–H and O–H groups in total. The van der Waals surface area contributed by atoms with Gasteiger partial charge in [0.05, 0.1) is 0 Å². The van der Waals surface area contributed by atoms with Crippen LogP contribution in [0.25, 0.3) is 0 Å². The lowest BCUT2D eigenvalue weighted by atomic mass is 10.4. The van der Waals surface area contributed by atoms with Gasteiger partial charge < -0.3 is 32.7 Å². The van der Waals surface area contributed by atoms with Crippen molar-refractivity contribution in [3.63, 3.8) is 0 Å². The van der Waals surface area contributed by atoms with E-state index in [4.69, 9.17) is 17.2 Å². The molecular weight excluding hydrogens is 236 g/mol. The Labute approximate surface area is 107 Å². The Bertz CT molecular complexity index is 243. The zero-order valence-electron chi connectivity index (χ0n) is 10.7. The number of rotatable bonds is 9. The van der Waals surface area contributed by atoms with Crippen LogP contribution in [-0.2, 0) is 9.59 Å². The summed E-state index contributed by atoms with van der Waals surface area (Å²) in [6.07, 6.45) is 0. The van der Waals surface area contributed by atoms with Gasteiger partial charge in [-0.2, -0.15) is 0 Å². The molecule has 0 unspecified atom stereocenters. The lowest BCUT2D eigenvalue weighted by Gasteiger charge is -2.20. The van der Waals surface area contributed by atoms with E-state index >= 15 is 0 Å². The Morgan fingerprint density at radius 1 is 0.889 bits per heavy atom. The number of carbonyl (C=O) groups is 2. The van der Waals surface area contributed by atoms with Gasteiger partial charge in [-0.1, -0.05) is 0 Å². The Kier molecular flexibility index (Phi) is 10.2. The maximum absolute atomic E-state index is 11.7. The number of carbonyl (C=O) groups excluding carboxylic acids is 2. The Hall–Kier alpha value is -1.22. The van der Waals surface area contributed by atoms with Crippen molar-refractivity contribution in [2.75, 3.05) is 52.4 Å². The molecule has 8 nitrogen and oxygen atoms in total. The minimum atomic E-state index is -0.633. The highest BCUT2D eigenvalue weighted by Gasteiger charge is 2.19. The highest BCUT2D eigenvalue weighted by atomic mass is 16.2. The lowest BCUT2D eigenvalue weighted by Crippen LogP contribution is -2.47. The molecule has 0 radical (unpaired) electrons. The number of hydrogen-bond donors (Lipinski definition) is 5. The second kappa shape index (κ2) is 10.9. The van der Waals surface area contributed by atoms with Gasteiger partial charge in [0.25, 0.3) is 0 Å². The van der Waals surface area contributed by atoms with E-state index in [1.807, 2.05) is 0 Å². The number of amides is 2. The van der Waals surface area contributed by atoms with E-state index in [0.29, 0.717) is 52.4 Å². The number of nitrogens with one attached hydrogen (secondary N) is 2. The zero-order chi connectivity index (χ0) is 13.8. The fourth-order valence-corrected chi connectivity index (χ4v) is 1.34. The quantitative estimate of drug-likeness (QED) is 0.214. The maximum Gasteiger partial charge on any atom is 0.311 e. The van der Waals surface area contributed by atoms with E-state index in [1.54, 1.807) is 0 Å². The first-order valence-corrected chi connectivity index (χ1v) is 6.05. The van der Waals surface area contributed by atoms with Crippen molar-refractivity contribution in [3.8, 4) is 0 Å². The summed E-state index contributed by atoms with van der Waals surface area (Å²) in [5, 5.41) is 5.53. The van der Waals surface area contributed by atoms with Crippen LogP contribution in [0.1, 0.15) is 0 Å². The number of nitrogens with zero attached hydrogens (tertiary/aromatic N) is 1. The van der Waals surface area contributed by atoms with Gasteiger partial charge in [0, 0.05) is 52.4 Å². The van der Waals surface area contributed by atoms with E-state index in [9.17, 15) is 9.59 Å². The normalized spacial score (nSPS) is 10.2. The summed E-state index contributed by atoms with van der Waals surface area (Å²) in [6.45, 7) is 3.43. The van der Waals surface area contributed by atoms with Gasteiger partial charge in [-0.15, -0.1) is 0 Å². The monoisotopic (exact) mass is 260 g/mol. The first-order chi connectivity index (χ1) is 8.67. The molecule has 0 spiro atoms. The highest BCUT2D eigenvalue weighted by molar-refractivity contribution is 6.35. The summed E-state index contributed by atoms with van der Waals surface area (Å²) >= 11 is 0. The SMILES string of the molecule is NCCNCCNC(=O)C(=O)N(CCN)CCN. The van der Waals surface area contributed by atoms with Crippen LogP contribution in [0.5, 0.6) is 0 Å². The average molecular weight is 260 g/mol. The Morgan fingerprint density at radius 2 is 1.50 bits per heavy atom. The second-order valence-corrected chi connectivity index (χ2v) is 3.66. The molecule has 0 heterocycles. The lowest BCUT2D eigenvalue weighted by molar-refractivity contribution is -0.145. The molecule has 0 aromatic rings. The summed E-state index contributed by atoms with van der Waals surface area (Å²) in [5.74, 6) is -1.23. The van der Waals surface area contributed by atoms with Crippen molar-refractivity contribution >= 4 is 11.8 Å². The molecule has 106 valence electrons. The van der Waals surface area contributed by atoms with Gasteiger partial charge in [-0.3, -0.25) is 9.59 Å². The van der Waals surface area contributed by atoms with Crippen LogP contribution < -0.4 is 27.8 Å². The minimum absolute atomic E-state index is 0.303. The van der Waals surface area contributed by atoms with E-state index < -0.39 is 11.8 Å². The molecule has 8 heteroatoms. The van der Waals surface area contributed by atoms with E-state index in [2.05, 4.69) is 10.6 Å². The fourth-order valence-electron chi connectivity index (χ4n) is 1.34. The third-order valence-corrected chi connectivity index (χ3v) is 2.19. The molecule has 0 aromatic carbocycles. The molecule has 2 amide bonds. The first kappa shape index (κ1) is 16.8. The Morgan fingerprint density at radius 3 is 2.00 bits per heavy atom. The molecular formula is C10H24N6O2. The van der Waals surface area contributed by atoms with Crippen LogP contribution in [0, 0.1) is 0 Å². The molecule has 0 atom stereocenters. The maximum atomic E-state index is 11.7. The van der Waals surface area contributed by atoms with Gasteiger partial charge in [0.2, 0.25) is 0 Å². The van der Waals surface area contributed by atoms with E-state index in [-0.39, 0.29) is 0 Å². The van der Waals surface area contributed by atoms with E-state index in [0.717, 1.165) is 0 Å². The standard InChI is InChI=1S/C10H24N6O2/c11-1-4-14-5-6-15-9(17)10(18)16(7-2-12)8-3-13/h14H,1-8,11-13H2,(H,15,17). The largest absolute Gasteiger partial charge is 0.347 e. The van der Waals surface area contributed by atoms with Crippen LogP contribution in [0.4, 0.5) is 0 Å². The Balaban J connectivity index is 3.94. The first-order valence-electron chi connectivity index (χ1n) is 6.05. The molecule has 18 heavy (non-hydrogen) atoms. The third-order valence-electron chi connectivity index (χ3n) is 2.19.